The van der Waals surface area contributed by atoms with Crippen LogP contribution in [0.3, 0.4) is 0 Å². The zero-order valence-corrected chi connectivity index (χ0v) is 16.3. The Morgan fingerprint density at radius 3 is 2.70 bits per heavy atom. The molecule has 1 aromatic carbocycles. The molecule has 27 heavy (non-hydrogen) atoms. The van der Waals surface area contributed by atoms with E-state index in [2.05, 4.69) is 0 Å². The highest BCUT2D eigenvalue weighted by molar-refractivity contribution is 6.01. The van der Waals surface area contributed by atoms with Crippen LogP contribution in [-0.4, -0.2) is 56.6 Å². The van der Waals surface area contributed by atoms with Crippen LogP contribution in [0.15, 0.2) is 18.2 Å². The molecule has 2 saturated heterocycles. The first-order valence-corrected chi connectivity index (χ1v) is 9.51. The van der Waals surface area contributed by atoms with Crippen molar-refractivity contribution < 1.29 is 19.1 Å². The Morgan fingerprint density at radius 2 is 2.04 bits per heavy atom. The molecule has 3 rings (SSSR count). The van der Waals surface area contributed by atoms with Crippen molar-refractivity contribution in [3.63, 3.8) is 0 Å². The van der Waals surface area contributed by atoms with Crippen molar-refractivity contribution in [1.82, 2.24) is 4.90 Å². The molecule has 3 atom stereocenters. The van der Waals surface area contributed by atoms with Gasteiger partial charge in [-0.25, -0.2) is 0 Å². The van der Waals surface area contributed by atoms with Gasteiger partial charge >= 0.3 is 0 Å². The van der Waals surface area contributed by atoms with Gasteiger partial charge in [-0.05, 0) is 37.8 Å². The molecule has 2 amide bonds. The number of nitrogens with two attached hydrogens (primary N) is 1. The molecule has 2 N–H and O–H groups in total. The third-order valence-electron chi connectivity index (χ3n) is 5.67. The quantitative estimate of drug-likeness (QED) is 0.846. The molecular weight excluding hydrogens is 346 g/mol. The number of hydrogen-bond donors (Lipinski definition) is 1. The second-order valence-corrected chi connectivity index (χ2v) is 7.49. The summed E-state index contributed by atoms with van der Waals surface area (Å²) in [6.07, 6.45) is 2.25. The number of carbonyl (C=O) groups excluding carboxylic acids is 2. The van der Waals surface area contributed by atoms with Crippen LogP contribution < -0.4 is 20.1 Å². The molecular formula is C20H29N3O4. The Balaban J connectivity index is 1.73. The Labute approximate surface area is 160 Å². The summed E-state index contributed by atoms with van der Waals surface area (Å²) >= 11 is 0. The van der Waals surface area contributed by atoms with E-state index in [0.717, 1.165) is 19.4 Å². The number of amides is 2. The average Bonchev–Trinajstić information content (AvgIpc) is 3.08. The van der Waals surface area contributed by atoms with Crippen molar-refractivity contribution in [2.75, 3.05) is 38.8 Å². The van der Waals surface area contributed by atoms with Crippen molar-refractivity contribution in [2.24, 2.45) is 17.6 Å². The smallest absolute Gasteiger partial charge is 0.228 e. The lowest BCUT2D eigenvalue weighted by atomic mass is 9.91. The Morgan fingerprint density at radius 1 is 1.26 bits per heavy atom. The Bertz CT molecular complexity index is 706. The lowest BCUT2D eigenvalue weighted by Gasteiger charge is -2.35. The van der Waals surface area contributed by atoms with Crippen LogP contribution in [0.4, 0.5) is 5.69 Å². The number of carbonyl (C=O) groups is 2. The van der Waals surface area contributed by atoms with Crippen molar-refractivity contribution in [3.8, 4) is 11.5 Å². The number of rotatable bonds is 5. The molecule has 0 bridgehead atoms. The molecule has 0 aromatic heterocycles. The lowest BCUT2D eigenvalue weighted by molar-refractivity contribution is -0.137. The normalized spacial score (nSPS) is 24.1. The minimum absolute atomic E-state index is 0.0578. The monoisotopic (exact) mass is 375 g/mol. The number of methoxy groups -OCH3 is 2. The highest BCUT2D eigenvalue weighted by Gasteiger charge is 2.39. The molecule has 2 aliphatic heterocycles. The topological polar surface area (TPSA) is 85.1 Å². The van der Waals surface area contributed by atoms with E-state index in [4.69, 9.17) is 15.2 Å². The van der Waals surface area contributed by atoms with Gasteiger partial charge < -0.3 is 25.0 Å². The first-order chi connectivity index (χ1) is 12.9. The minimum Gasteiger partial charge on any atom is -0.497 e. The van der Waals surface area contributed by atoms with E-state index in [9.17, 15) is 9.59 Å². The highest BCUT2D eigenvalue weighted by atomic mass is 16.5. The second kappa shape index (κ2) is 8.17. The molecule has 0 aliphatic carbocycles. The van der Waals surface area contributed by atoms with Crippen molar-refractivity contribution >= 4 is 17.5 Å². The van der Waals surface area contributed by atoms with Gasteiger partial charge in [-0.2, -0.15) is 0 Å². The molecule has 2 fully saturated rings. The predicted octanol–water partition coefficient (Wildman–Crippen LogP) is 1.64. The number of piperidine rings is 1. The maximum absolute atomic E-state index is 13.0. The summed E-state index contributed by atoms with van der Waals surface area (Å²) in [5.41, 5.74) is 6.71. The number of likely N-dealkylation sites (tertiary alicyclic amines) is 1. The molecule has 0 radical (unpaired) electrons. The molecule has 2 aliphatic rings. The summed E-state index contributed by atoms with van der Waals surface area (Å²) in [4.78, 5) is 29.2. The summed E-state index contributed by atoms with van der Waals surface area (Å²) in [5.74, 6) is 1.23. The highest BCUT2D eigenvalue weighted by Crippen LogP contribution is 2.36. The largest absolute Gasteiger partial charge is 0.497 e. The number of ether oxygens (including phenoxy) is 2. The molecule has 0 saturated carbocycles. The number of hydrogen-bond acceptors (Lipinski definition) is 5. The van der Waals surface area contributed by atoms with Crippen molar-refractivity contribution in [3.05, 3.63) is 18.2 Å². The second-order valence-electron chi connectivity index (χ2n) is 7.49. The lowest BCUT2D eigenvalue weighted by Crippen LogP contribution is -2.47. The molecule has 7 heteroatoms. The third kappa shape index (κ3) is 4.03. The van der Waals surface area contributed by atoms with Gasteiger partial charge in [-0.1, -0.05) is 0 Å². The van der Waals surface area contributed by atoms with E-state index in [1.807, 2.05) is 11.8 Å². The van der Waals surface area contributed by atoms with Crippen molar-refractivity contribution in [2.45, 2.75) is 32.2 Å². The maximum atomic E-state index is 13.0. The van der Waals surface area contributed by atoms with E-state index in [1.165, 1.54) is 0 Å². The van der Waals surface area contributed by atoms with E-state index in [1.54, 1.807) is 37.3 Å². The molecule has 3 unspecified atom stereocenters. The standard InChI is InChI=1S/C20H29N3O4/c1-13(21)14-5-4-8-22(11-14)20(25)15-9-19(24)23(12-15)17-7-6-16(26-2)10-18(17)27-3/h6-7,10,13-15H,4-5,8-9,11-12,21H2,1-3H3. The van der Waals surface area contributed by atoms with E-state index < -0.39 is 0 Å². The van der Waals surface area contributed by atoms with Gasteiger partial charge in [0, 0.05) is 38.2 Å². The SMILES string of the molecule is COc1ccc(N2CC(C(=O)N3CCCC(C(C)N)C3)CC2=O)c(OC)c1. The van der Waals surface area contributed by atoms with Crippen LogP contribution in [-0.2, 0) is 9.59 Å². The zero-order chi connectivity index (χ0) is 19.6. The van der Waals surface area contributed by atoms with Crippen LogP contribution in [0.5, 0.6) is 11.5 Å². The van der Waals surface area contributed by atoms with Gasteiger partial charge in [0.15, 0.2) is 0 Å². The van der Waals surface area contributed by atoms with E-state index >= 15 is 0 Å². The van der Waals surface area contributed by atoms with Crippen molar-refractivity contribution in [1.29, 1.82) is 0 Å². The molecule has 7 nitrogen and oxygen atoms in total. The summed E-state index contributed by atoms with van der Waals surface area (Å²) < 4.78 is 10.6. The van der Waals surface area contributed by atoms with Gasteiger partial charge in [0.1, 0.15) is 11.5 Å². The molecule has 2 heterocycles. The maximum Gasteiger partial charge on any atom is 0.228 e. The van der Waals surface area contributed by atoms with Gasteiger partial charge in [-0.3, -0.25) is 9.59 Å². The fourth-order valence-corrected chi connectivity index (χ4v) is 4.01. The number of nitrogens with zero attached hydrogens (tertiary/aromatic N) is 2. The summed E-state index contributed by atoms with van der Waals surface area (Å²) in [6, 6.07) is 5.41. The fourth-order valence-electron chi connectivity index (χ4n) is 4.01. The van der Waals surface area contributed by atoms with Crippen LogP contribution >= 0.6 is 0 Å². The molecule has 0 spiro atoms. The van der Waals surface area contributed by atoms with Crippen LogP contribution in [0.1, 0.15) is 26.2 Å². The Kier molecular flexibility index (Phi) is 5.89. The van der Waals surface area contributed by atoms with E-state index in [0.29, 0.717) is 36.2 Å². The van der Waals surface area contributed by atoms with Gasteiger partial charge in [-0.15, -0.1) is 0 Å². The Hall–Kier alpha value is -2.28. The average molecular weight is 375 g/mol. The first kappa shape index (κ1) is 19.5. The van der Waals surface area contributed by atoms with Crippen LogP contribution in [0.2, 0.25) is 0 Å². The fraction of sp³-hybridized carbons (Fsp3) is 0.600. The summed E-state index contributed by atoms with van der Waals surface area (Å²) in [5, 5.41) is 0. The molecule has 1 aromatic rings. The van der Waals surface area contributed by atoms with Crippen LogP contribution in [0.25, 0.3) is 0 Å². The number of benzene rings is 1. The van der Waals surface area contributed by atoms with Gasteiger partial charge in [0.05, 0.1) is 25.8 Å². The van der Waals surface area contributed by atoms with Gasteiger partial charge in [0.2, 0.25) is 11.8 Å². The molecule has 148 valence electrons. The number of anilines is 1. The van der Waals surface area contributed by atoms with Crippen LogP contribution in [0, 0.1) is 11.8 Å². The third-order valence-corrected chi connectivity index (χ3v) is 5.67. The zero-order valence-electron chi connectivity index (χ0n) is 16.3. The predicted molar refractivity (Wildman–Crippen MR) is 103 cm³/mol. The van der Waals surface area contributed by atoms with E-state index in [-0.39, 0.29) is 30.2 Å². The van der Waals surface area contributed by atoms with Gasteiger partial charge in [0.25, 0.3) is 0 Å². The first-order valence-electron chi connectivity index (χ1n) is 9.51. The summed E-state index contributed by atoms with van der Waals surface area (Å²) in [7, 11) is 3.14. The minimum atomic E-state index is -0.323. The summed E-state index contributed by atoms with van der Waals surface area (Å²) in [6.45, 7) is 3.81.